The second kappa shape index (κ2) is 8.34. The number of nitrogens with one attached hydrogen (secondary N) is 2. The molecule has 0 saturated carbocycles. The summed E-state index contributed by atoms with van der Waals surface area (Å²) in [4.78, 5) is 12.5. The number of rotatable bonds is 7. The van der Waals surface area contributed by atoms with Gasteiger partial charge in [0, 0.05) is 24.5 Å². The zero-order chi connectivity index (χ0) is 18.4. The van der Waals surface area contributed by atoms with Crippen molar-refractivity contribution in [3.05, 3.63) is 78.6 Å². The summed E-state index contributed by atoms with van der Waals surface area (Å²) < 4.78 is 1.71. The lowest BCUT2D eigenvalue weighted by Crippen LogP contribution is -2.39. The van der Waals surface area contributed by atoms with Crippen molar-refractivity contribution >= 4 is 11.6 Å². The van der Waals surface area contributed by atoms with Gasteiger partial charge in [0.2, 0.25) is 0 Å². The molecule has 3 rings (SSSR count). The number of carbonyl (C=O) groups is 1. The van der Waals surface area contributed by atoms with Crippen LogP contribution in [0.15, 0.2) is 73.1 Å². The predicted octanol–water partition coefficient (Wildman–Crippen LogP) is 3.74. The van der Waals surface area contributed by atoms with E-state index in [0.29, 0.717) is 18.0 Å². The smallest absolute Gasteiger partial charge is 0.254 e. The van der Waals surface area contributed by atoms with Gasteiger partial charge in [0.05, 0.1) is 17.4 Å². The summed E-state index contributed by atoms with van der Waals surface area (Å²) in [6.45, 7) is 4.82. The Bertz CT molecular complexity index is 827. The summed E-state index contributed by atoms with van der Waals surface area (Å²) in [7, 11) is 0. The standard InChI is InChI=1S/C21H24N4O/c1-16(2)20(24-18-9-5-3-6-10-18)14-22-21(26)17-13-23-25(15-17)19-11-7-4-8-12-19/h3-13,15-16,20,24H,14H2,1-2H3,(H,22,26). The lowest BCUT2D eigenvalue weighted by Gasteiger charge is -2.23. The van der Waals surface area contributed by atoms with E-state index < -0.39 is 0 Å². The van der Waals surface area contributed by atoms with Crippen LogP contribution in [0, 0.1) is 5.92 Å². The van der Waals surface area contributed by atoms with Gasteiger partial charge in [-0.25, -0.2) is 4.68 Å². The van der Waals surface area contributed by atoms with Crippen molar-refractivity contribution in [1.82, 2.24) is 15.1 Å². The molecular formula is C21H24N4O. The van der Waals surface area contributed by atoms with E-state index in [2.05, 4.69) is 29.6 Å². The van der Waals surface area contributed by atoms with Crippen molar-refractivity contribution in [2.75, 3.05) is 11.9 Å². The quantitative estimate of drug-likeness (QED) is 0.684. The largest absolute Gasteiger partial charge is 0.380 e. The summed E-state index contributed by atoms with van der Waals surface area (Å²) >= 11 is 0. The molecule has 0 aliphatic heterocycles. The molecule has 0 radical (unpaired) electrons. The normalized spacial score (nSPS) is 12.0. The Morgan fingerprint density at radius 1 is 1.04 bits per heavy atom. The highest BCUT2D eigenvalue weighted by Gasteiger charge is 2.16. The maximum Gasteiger partial charge on any atom is 0.254 e. The fourth-order valence-electron chi connectivity index (χ4n) is 2.67. The minimum absolute atomic E-state index is 0.118. The van der Waals surface area contributed by atoms with E-state index in [4.69, 9.17) is 0 Å². The van der Waals surface area contributed by atoms with E-state index in [-0.39, 0.29) is 11.9 Å². The molecule has 1 aromatic heterocycles. The number of hydrogen-bond acceptors (Lipinski definition) is 3. The molecule has 26 heavy (non-hydrogen) atoms. The summed E-state index contributed by atoms with van der Waals surface area (Å²) in [6.07, 6.45) is 3.34. The van der Waals surface area contributed by atoms with Gasteiger partial charge in [-0.3, -0.25) is 4.79 Å². The highest BCUT2D eigenvalue weighted by Crippen LogP contribution is 2.12. The van der Waals surface area contributed by atoms with Crippen LogP contribution in [0.3, 0.4) is 0 Å². The van der Waals surface area contributed by atoms with Crippen LogP contribution in [0.25, 0.3) is 5.69 Å². The zero-order valence-corrected chi connectivity index (χ0v) is 15.1. The van der Waals surface area contributed by atoms with Crippen LogP contribution in [-0.4, -0.2) is 28.3 Å². The molecule has 0 fully saturated rings. The Labute approximate surface area is 154 Å². The van der Waals surface area contributed by atoms with E-state index in [1.807, 2.05) is 60.7 Å². The Morgan fingerprint density at radius 3 is 2.35 bits per heavy atom. The maximum absolute atomic E-state index is 12.5. The fraction of sp³-hybridized carbons (Fsp3) is 0.238. The number of nitrogens with zero attached hydrogens (tertiary/aromatic N) is 2. The molecule has 1 heterocycles. The van der Waals surface area contributed by atoms with Gasteiger partial charge in [-0.05, 0) is 30.2 Å². The Hall–Kier alpha value is -3.08. The van der Waals surface area contributed by atoms with Gasteiger partial charge in [0.25, 0.3) is 5.91 Å². The van der Waals surface area contributed by atoms with Crippen molar-refractivity contribution in [1.29, 1.82) is 0 Å². The van der Waals surface area contributed by atoms with Crippen LogP contribution in [0.2, 0.25) is 0 Å². The first-order valence-electron chi connectivity index (χ1n) is 8.83. The topological polar surface area (TPSA) is 59.0 Å². The average Bonchev–Trinajstić information content (AvgIpc) is 3.16. The van der Waals surface area contributed by atoms with Crippen molar-refractivity contribution in [2.24, 2.45) is 5.92 Å². The van der Waals surface area contributed by atoms with E-state index in [1.54, 1.807) is 17.1 Å². The number of aromatic nitrogens is 2. The molecule has 134 valence electrons. The van der Waals surface area contributed by atoms with Crippen LogP contribution >= 0.6 is 0 Å². The highest BCUT2D eigenvalue weighted by molar-refractivity contribution is 5.93. The highest BCUT2D eigenvalue weighted by atomic mass is 16.1. The first-order chi connectivity index (χ1) is 12.6. The Morgan fingerprint density at radius 2 is 1.69 bits per heavy atom. The molecule has 0 bridgehead atoms. The lowest BCUT2D eigenvalue weighted by atomic mass is 10.0. The molecule has 0 saturated heterocycles. The third kappa shape index (κ3) is 4.51. The Kier molecular flexibility index (Phi) is 5.69. The number of anilines is 1. The molecule has 1 atom stereocenters. The van der Waals surface area contributed by atoms with Gasteiger partial charge in [-0.1, -0.05) is 50.2 Å². The van der Waals surface area contributed by atoms with Crippen molar-refractivity contribution in [3.8, 4) is 5.69 Å². The fourth-order valence-corrected chi connectivity index (χ4v) is 2.67. The lowest BCUT2D eigenvalue weighted by molar-refractivity contribution is 0.0950. The van der Waals surface area contributed by atoms with Gasteiger partial charge in [-0.15, -0.1) is 0 Å². The molecule has 1 amide bonds. The second-order valence-corrected chi connectivity index (χ2v) is 6.58. The van der Waals surface area contributed by atoms with E-state index in [1.165, 1.54) is 0 Å². The van der Waals surface area contributed by atoms with Gasteiger partial charge >= 0.3 is 0 Å². The van der Waals surface area contributed by atoms with Gasteiger partial charge < -0.3 is 10.6 Å². The molecule has 0 aliphatic rings. The minimum atomic E-state index is -0.118. The first-order valence-corrected chi connectivity index (χ1v) is 8.83. The van der Waals surface area contributed by atoms with Crippen LogP contribution in [0.1, 0.15) is 24.2 Å². The van der Waals surface area contributed by atoms with Gasteiger partial charge in [0.1, 0.15) is 0 Å². The van der Waals surface area contributed by atoms with Crippen LogP contribution in [-0.2, 0) is 0 Å². The van der Waals surface area contributed by atoms with Crippen LogP contribution in [0.5, 0.6) is 0 Å². The molecule has 5 nitrogen and oxygen atoms in total. The summed E-state index contributed by atoms with van der Waals surface area (Å²) in [5, 5.41) is 10.8. The second-order valence-electron chi connectivity index (χ2n) is 6.58. The van der Waals surface area contributed by atoms with Crippen molar-refractivity contribution < 1.29 is 4.79 Å². The molecule has 1 unspecified atom stereocenters. The molecule has 0 spiro atoms. The Balaban J connectivity index is 1.61. The summed E-state index contributed by atoms with van der Waals surface area (Å²) in [5.74, 6) is 0.259. The summed E-state index contributed by atoms with van der Waals surface area (Å²) in [6, 6.07) is 19.9. The number of carbonyl (C=O) groups excluding carboxylic acids is 1. The monoisotopic (exact) mass is 348 g/mol. The maximum atomic E-state index is 12.5. The first kappa shape index (κ1) is 17.7. The number of hydrogen-bond donors (Lipinski definition) is 2. The third-order valence-corrected chi connectivity index (χ3v) is 4.28. The average molecular weight is 348 g/mol. The van der Waals surface area contributed by atoms with Crippen LogP contribution < -0.4 is 10.6 Å². The SMILES string of the molecule is CC(C)C(CNC(=O)c1cnn(-c2ccccc2)c1)Nc1ccccc1. The number of amides is 1. The zero-order valence-electron chi connectivity index (χ0n) is 15.1. The van der Waals surface area contributed by atoms with Gasteiger partial charge in [-0.2, -0.15) is 5.10 Å². The molecule has 5 heteroatoms. The van der Waals surface area contributed by atoms with Crippen molar-refractivity contribution in [3.63, 3.8) is 0 Å². The van der Waals surface area contributed by atoms with E-state index in [0.717, 1.165) is 11.4 Å². The summed E-state index contributed by atoms with van der Waals surface area (Å²) in [5.41, 5.74) is 2.53. The molecule has 2 aromatic carbocycles. The third-order valence-electron chi connectivity index (χ3n) is 4.28. The van der Waals surface area contributed by atoms with Crippen LogP contribution in [0.4, 0.5) is 5.69 Å². The van der Waals surface area contributed by atoms with Gasteiger partial charge in [0.15, 0.2) is 0 Å². The predicted molar refractivity (Wildman–Crippen MR) is 105 cm³/mol. The van der Waals surface area contributed by atoms with Crippen molar-refractivity contribution in [2.45, 2.75) is 19.9 Å². The van der Waals surface area contributed by atoms with E-state index >= 15 is 0 Å². The molecule has 0 aliphatic carbocycles. The molecule has 3 aromatic rings. The number of benzene rings is 2. The minimum Gasteiger partial charge on any atom is -0.380 e. The molecular weight excluding hydrogens is 324 g/mol. The van der Waals surface area contributed by atoms with E-state index in [9.17, 15) is 4.79 Å². The number of para-hydroxylation sites is 2. The molecule has 2 N–H and O–H groups in total.